The third-order valence-electron chi connectivity index (χ3n) is 4.17. The van der Waals surface area contributed by atoms with Crippen molar-refractivity contribution in [1.29, 1.82) is 0 Å². The average Bonchev–Trinajstić information content (AvgIpc) is 2.61. The zero-order valence-corrected chi connectivity index (χ0v) is 11.7. The van der Waals surface area contributed by atoms with Crippen LogP contribution in [-0.4, -0.2) is 30.4 Å². The van der Waals surface area contributed by atoms with Crippen molar-refractivity contribution in [3.05, 3.63) is 12.2 Å². The number of nitrogens with zero attached hydrogens (tertiary/aromatic N) is 2. The average molecular weight is 248 g/mol. The Morgan fingerprint density at radius 2 is 1.78 bits per heavy atom. The van der Waals surface area contributed by atoms with Gasteiger partial charge >= 0.3 is 0 Å². The fraction of sp³-hybridized carbons (Fsp3) is 0.812. The molecule has 0 amide bonds. The molecular weight excluding hydrogens is 220 g/mol. The number of hydrogen-bond acceptors (Lipinski definition) is 2. The van der Waals surface area contributed by atoms with Crippen molar-refractivity contribution in [1.82, 2.24) is 4.90 Å². The smallest absolute Gasteiger partial charge is 0.0907 e. The van der Waals surface area contributed by atoms with Crippen molar-refractivity contribution < 1.29 is 0 Å². The number of rotatable bonds is 1. The van der Waals surface area contributed by atoms with Crippen LogP contribution in [0.4, 0.5) is 0 Å². The van der Waals surface area contributed by atoms with Crippen LogP contribution in [0.2, 0.25) is 0 Å². The summed E-state index contributed by atoms with van der Waals surface area (Å²) in [6.45, 7) is 2.17. The normalized spacial score (nSPS) is 28.6. The second kappa shape index (κ2) is 8.47. The zero-order chi connectivity index (χ0) is 12.5. The maximum Gasteiger partial charge on any atom is 0.0907 e. The maximum atomic E-state index is 4.60. The van der Waals surface area contributed by atoms with Crippen LogP contribution in [0.25, 0.3) is 0 Å². The molecule has 0 bridgehead atoms. The Bertz CT molecular complexity index is 242. The van der Waals surface area contributed by atoms with Crippen molar-refractivity contribution in [3.63, 3.8) is 0 Å². The van der Waals surface area contributed by atoms with E-state index in [0.717, 1.165) is 12.7 Å². The fourth-order valence-electron chi connectivity index (χ4n) is 2.99. The molecular formula is C16H28N2. The summed E-state index contributed by atoms with van der Waals surface area (Å²) in [5.41, 5.74) is 0. The van der Waals surface area contributed by atoms with Gasteiger partial charge in [0.2, 0.25) is 0 Å². The molecule has 2 heteroatoms. The summed E-state index contributed by atoms with van der Waals surface area (Å²) in [6.07, 6.45) is 20.2. The number of aliphatic imine (C=N–C) groups is 1. The summed E-state index contributed by atoms with van der Waals surface area (Å²) in [7, 11) is 0. The molecule has 2 aliphatic rings. The van der Waals surface area contributed by atoms with Crippen molar-refractivity contribution in [3.8, 4) is 0 Å². The van der Waals surface area contributed by atoms with Crippen molar-refractivity contribution >= 4 is 6.21 Å². The van der Waals surface area contributed by atoms with Crippen LogP contribution in [0.1, 0.15) is 64.2 Å². The largest absolute Gasteiger partial charge is 0.282 e. The van der Waals surface area contributed by atoms with E-state index in [1.807, 2.05) is 0 Å². The molecule has 0 fully saturated rings. The number of hydrogen-bond donors (Lipinski definition) is 0. The van der Waals surface area contributed by atoms with Crippen molar-refractivity contribution in [2.75, 3.05) is 13.2 Å². The lowest BCUT2D eigenvalue weighted by Gasteiger charge is -2.29. The minimum absolute atomic E-state index is 0.731. The molecule has 0 radical (unpaired) electrons. The highest BCUT2D eigenvalue weighted by Crippen LogP contribution is 2.19. The second-order valence-electron chi connectivity index (χ2n) is 5.67. The van der Waals surface area contributed by atoms with E-state index in [-0.39, 0.29) is 0 Å². The SMILES string of the molecule is C1=CCC(N2CCCCCC=NC2)CCCCC1. The quantitative estimate of drug-likeness (QED) is 0.636. The van der Waals surface area contributed by atoms with Gasteiger partial charge in [0.15, 0.2) is 0 Å². The van der Waals surface area contributed by atoms with Gasteiger partial charge in [0.05, 0.1) is 6.67 Å². The third-order valence-corrected chi connectivity index (χ3v) is 4.17. The summed E-state index contributed by atoms with van der Waals surface area (Å²) < 4.78 is 0. The molecule has 0 aromatic carbocycles. The number of allylic oxidation sites excluding steroid dienone is 1. The fourth-order valence-corrected chi connectivity index (χ4v) is 2.99. The summed E-state index contributed by atoms with van der Waals surface area (Å²) >= 11 is 0. The molecule has 18 heavy (non-hydrogen) atoms. The highest BCUT2D eigenvalue weighted by atomic mass is 15.2. The molecule has 2 rings (SSSR count). The molecule has 0 saturated heterocycles. The van der Waals surface area contributed by atoms with E-state index in [0.29, 0.717) is 0 Å². The van der Waals surface area contributed by atoms with Gasteiger partial charge in [-0.1, -0.05) is 31.4 Å². The van der Waals surface area contributed by atoms with Crippen LogP contribution < -0.4 is 0 Å². The first-order chi connectivity index (χ1) is 8.97. The topological polar surface area (TPSA) is 15.6 Å². The van der Waals surface area contributed by atoms with Crippen LogP contribution in [0, 0.1) is 0 Å². The van der Waals surface area contributed by atoms with E-state index in [4.69, 9.17) is 0 Å². The van der Waals surface area contributed by atoms with Crippen LogP contribution in [-0.2, 0) is 0 Å². The van der Waals surface area contributed by atoms with E-state index in [1.165, 1.54) is 70.8 Å². The zero-order valence-electron chi connectivity index (χ0n) is 11.7. The molecule has 1 aliphatic carbocycles. The Balaban J connectivity index is 1.91. The molecule has 1 heterocycles. The Hall–Kier alpha value is -0.630. The lowest BCUT2D eigenvalue weighted by molar-refractivity contribution is 0.187. The molecule has 0 saturated carbocycles. The second-order valence-corrected chi connectivity index (χ2v) is 5.67. The van der Waals surface area contributed by atoms with E-state index in [2.05, 4.69) is 28.3 Å². The first-order valence-corrected chi connectivity index (χ1v) is 7.84. The molecule has 0 aromatic heterocycles. The van der Waals surface area contributed by atoms with Crippen molar-refractivity contribution in [2.45, 2.75) is 70.3 Å². The van der Waals surface area contributed by atoms with Gasteiger partial charge in [-0.25, -0.2) is 0 Å². The Labute approximate surface area is 112 Å². The van der Waals surface area contributed by atoms with E-state index >= 15 is 0 Å². The summed E-state index contributed by atoms with van der Waals surface area (Å²) in [5.74, 6) is 0. The highest BCUT2D eigenvalue weighted by molar-refractivity contribution is 5.56. The third kappa shape index (κ3) is 4.93. The molecule has 1 aliphatic heterocycles. The molecule has 0 N–H and O–H groups in total. The minimum Gasteiger partial charge on any atom is -0.282 e. The lowest BCUT2D eigenvalue weighted by Crippen LogP contribution is -2.36. The summed E-state index contributed by atoms with van der Waals surface area (Å²) in [4.78, 5) is 7.22. The predicted octanol–water partition coefficient (Wildman–Crippen LogP) is 4.17. The molecule has 1 atom stereocenters. The van der Waals surface area contributed by atoms with Crippen molar-refractivity contribution in [2.24, 2.45) is 4.99 Å². The van der Waals surface area contributed by atoms with Crippen LogP contribution in [0.15, 0.2) is 17.1 Å². The lowest BCUT2D eigenvalue weighted by atomic mass is 10.0. The molecule has 102 valence electrons. The predicted molar refractivity (Wildman–Crippen MR) is 79.2 cm³/mol. The monoisotopic (exact) mass is 248 g/mol. The minimum atomic E-state index is 0.731. The van der Waals surface area contributed by atoms with E-state index in [1.54, 1.807) is 0 Å². The molecule has 0 aromatic rings. The Morgan fingerprint density at radius 1 is 0.889 bits per heavy atom. The summed E-state index contributed by atoms with van der Waals surface area (Å²) in [6, 6.07) is 0.731. The van der Waals surface area contributed by atoms with E-state index < -0.39 is 0 Å². The highest BCUT2D eigenvalue weighted by Gasteiger charge is 2.17. The van der Waals surface area contributed by atoms with Gasteiger partial charge in [-0.15, -0.1) is 0 Å². The van der Waals surface area contributed by atoms with E-state index in [9.17, 15) is 0 Å². The van der Waals surface area contributed by atoms with Crippen LogP contribution in [0.5, 0.6) is 0 Å². The van der Waals surface area contributed by atoms with Gasteiger partial charge < -0.3 is 0 Å². The molecule has 1 unspecified atom stereocenters. The standard InChI is InChI=1S/C16H28N2/c1-2-4-8-12-16(11-7-3-1)18-14-10-6-5-9-13-17-15-18/h3,7,13,16H,1-2,4-6,8-12,14-15H2. The Kier molecular flexibility index (Phi) is 6.49. The Morgan fingerprint density at radius 3 is 2.78 bits per heavy atom. The van der Waals surface area contributed by atoms with Gasteiger partial charge in [0.25, 0.3) is 0 Å². The molecule has 2 nitrogen and oxygen atoms in total. The van der Waals surface area contributed by atoms with Gasteiger partial charge in [0, 0.05) is 18.8 Å². The van der Waals surface area contributed by atoms with Gasteiger partial charge in [-0.3, -0.25) is 9.89 Å². The first kappa shape index (κ1) is 13.8. The van der Waals surface area contributed by atoms with Gasteiger partial charge in [0.1, 0.15) is 0 Å². The van der Waals surface area contributed by atoms with Crippen LogP contribution >= 0.6 is 0 Å². The van der Waals surface area contributed by atoms with Crippen LogP contribution in [0.3, 0.4) is 0 Å². The first-order valence-electron chi connectivity index (χ1n) is 7.84. The van der Waals surface area contributed by atoms with Gasteiger partial charge in [-0.05, 0) is 44.9 Å². The van der Waals surface area contributed by atoms with Gasteiger partial charge in [-0.2, -0.15) is 0 Å². The summed E-state index contributed by atoms with van der Waals surface area (Å²) in [5, 5.41) is 0. The maximum absolute atomic E-state index is 4.60. The molecule has 0 spiro atoms.